The summed E-state index contributed by atoms with van der Waals surface area (Å²) >= 11 is 1.61. The zero-order chi connectivity index (χ0) is 27.0. The number of benzene rings is 2. The first-order chi connectivity index (χ1) is 19.1. The van der Waals surface area contributed by atoms with Gasteiger partial charge in [0, 0.05) is 17.9 Å². The Balaban J connectivity index is 1.17. The second-order valence-corrected chi connectivity index (χ2v) is 9.85. The Hall–Kier alpha value is -4.10. The number of carbonyl (C=O) groups excluding carboxylic acids is 3. The van der Waals surface area contributed by atoms with Crippen molar-refractivity contribution < 1.29 is 33.2 Å². The molecule has 0 radical (unpaired) electrons. The zero-order valence-electron chi connectivity index (χ0n) is 21.1. The molecule has 12 nitrogen and oxygen atoms in total. The second kappa shape index (κ2) is 12.6. The molecule has 2 fully saturated rings. The minimum absolute atomic E-state index is 0.108. The lowest BCUT2D eigenvalue weighted by atomic mass is 10.2. The number of anilines is 1. The van der Waals surface area contributed by atoms with Gasteiger partial charge < -0.3 is 23.7 Å². The number of hydroxylamine groups is 3. The third kappa shape index (κ3) is 6.86. The SMILES string of the molecule is O=C1ON(CCN2CCCC2)C(=O)N(c2ccc(-c3nnc(CSCCOc4ccccc4)o3)cc2)OC1=O. The number of para-hydroxylation sites is 1. The standard InChI is InChI=1S/C26H27N5O7S/c32-24-25(33)38-31(26(34)30(37-24)15-14-29-12-4-5-13-29)20-10-8-19(9-11-20)23-28-27-22(36-23)18-39-17-16-35-21-6-2-1-3-7-21/h1-3,6-11H,4-5,12-18H2. The van der Waals surface area contributed by atoms with Gasteiger partial charge in [-0.1, -0.05) is 18.2 Å². The summed E-state index contributed by atoms with van der Waals surface area (Å²) < 4.78 is 11.4. The summed E-state index contributed by atoms with van der Waals surface area (Å²) in [4.78, 5) is 49.3. The van der Waals surface area contributed by atoms with E-state index in [0.717, 1.165) is 47.6 Å². The lowest BCUT2D eigenvalue weighted by molar-refractivity contribution is -0.183. The second-order valence-electron chi connectivity index (χ2n) is 8.75. The molecule has 204 valence electrons. The lowest BCUT2D eigenvalue weighted by Gasteiger charge is -2.24. The maximum Gasteiger partial charge on any atom is 0.444 e. The van der Waals surface area contributed by atoms with Crippen LogP contribution in [0.3, 0.4) is 0 Å². The maximum absolute atomic E-state index is 13.1. The van der Waals surface area contributed by atoms with Crippen LogP contribution in [0.5, 0.6) is 5.75 Å². The number of carbonyl (C=O) groups is 3. The van der Waals surface area contributed by atoms with Gasteiger partial charge in [0.25, 0.3) is 0 Å². The van der Waals surface area contributed by atoms with Crippen LogP contribution in [0.4, 0.5) is 10.5 Å². The van der Waals surface area contributed by atoms with Crippen LogP contribution in [-0.4, -0.2) is 76.7 Å². The van der Waals surface area contributed by atoms with Gasteiger partial charge in [-0.15, -0.1) is 32.1 Å². The number of ether oxygens (including phenoxy) is 1. The number of likely N-dealkylation sites (tertiary alicyclic amines) is 1. The van der Waals surface area contributed by atoms with Crippen molar-refractivity contribution in [2.24, 2.45) is 0 Å². The average molecular weight is 554 g/mol. The van der Waals surface area contributed by atoms with E-state index in [1.807, 2.05) is 30.3 Å². The van der Waals surface area contributed by atoms with Gasteiger partial charge >= 0.3 is 18.0 Å². The van der Waals surface area contributed by atoms with Gasteiger partial charge in [-0.3, -0.25) is 0 Å². The highest BCUT2D eigenvalue weighted by Crippen LogP contribution is 2.25. The van der Waals surface area contributed by atoms with E-state index in [0.29, 0.717) is 36.2 Å². The van der Waals surface area contributed by atoms with Crippen LogP contribution in [0.15, 0.2) is 59.0 Å². The molecule has 39 heavy (non-hydrogen) atoms. The molecular weight excluding hydrogens is 526 g/mol. The van der Waals surface area contributed by atoms with E-state index in [1.54, 1.807) is 36.0 Å². The van der Waals surface area contributed by atoms with Gasteiger partial charge in [-0.2, -0.15) is 0 Å². The first kappa shape index (κ1) is 26.5. The van der Waals surface area contributed by atoms with Gasteiger partial charge in [0.2, 0.25) is 11.8 Å². The minimum atomic E-state index is -1.29. The Kier molecular flexibility index (Phi) is 8.58. The number of thioether (sulfide) groups is 1. The van der Waals surface area contributed by atoms with E-state index in [1.165, 1.54) is 0 Å². The molecule has 1 aromatic heterocycles. The molecule has 2 aromatic carbocycles. The molecule has 2 aliphatic heterocycles. The van der Waals surface area contributed by atoms with E-state index in [2.05, 4.69) is 15.1 Å². The molecule has 0 bridgehead atoms. The van der Waals surface area contributed by atoms with Gasteiger partial charge in [0.15, 0.2) is 0 Å². The quantitative estimate of drug-likeness (QED) is 0.256. The van der Waals surface area contributed by atoms with Crippen molar-refractivity contribution in [3.8, 4) is 17.2 Å². The fraction of sp³-hybridized carbons (Fsp3) is 0.346. The first-order valence-corrected chi connectivity index (χ1v) is 13.7. The van der Waals surface area contributed by atoms with Crippen LogP contribution in [-0.2, 0) is 25.0 Å². The highest BCUT2D eigenvalue weighted by molar-refractivity contribution is 7.98. The molecule has 0 unspecified atom stereocenters. The fourth-order valence-electron chi connectivity index (χ4n) is 4.04. The van der Waals surface area contributed by atoms with Crippen LogP contribution >= 0.6 is 11.8 Å². The Bertz CT molecular complexity index is 1280. The average Bonchev–Trinajstić information content (AvgIpc) is 3.65. The molecule has 0 atom stereocenters. The van der Waals surface area contributed by atoms with Gasteiger partial charge in [0.1, 0.15) is 5.75 Å². The van der Waals surface area contributed by atoms with E-state index < -0.39 is 18.0 Å². The number of nitrogens with zero attached hydrogens (tertiary/aromatic N) is 5. The van der Waals surface area contributed by atoms with Crippen LogP contribution in [0.25, 0.3) is 11.5 Å². The number of hydrogen-bond acceptors (Lipinski definition) is 11. The summed E-state index contributed by atoms with van der Waals surface area (Å²) in [5.74, 6) is 0.346. The molecule has 2 saturated heterocycles. The summed E-state index contributed by atoms with van der Waals surface area (Å²) in [6.07, 6.45) is 2.16. The predicted octanol–water partition coefficient (Wildman–Crippen LogP) is 3.30. The van der Waals surface area contributed by atoms with Crippen molar-refractivity contribution in [2.75, 3.05) is 43.6 Å². The number of hydrogen-bond donors (Lipinski definition) is 0. The largest absolute Gasteiger partial charge is 0.493 e. The summed E-state index contributed by atoms with van der Waals surface area (Å²) in [5, 5.41) is 9.78. The van der Waals surface area contributed by atoms with Crippen molar-refractivity contribution in [1.82, 2.24) is 20.2 Å². The van der Waals surface area contributed by atoms with Crippen molar-refractivity contribution in [3.63, 3.8) is 0 Å². The summed E-state index contributed by atoms with van der Waals surface area (Å²) in [6, 6.07) is 15.2. The first-order valence-electron chi connectivity index (χ1n) is 12.5. The normalized spacial score (nSPS) is 16.3. The Morgan fingerprint density at radius 2 is 1.62 bits per heavy atom. The smallest absolute Gasteiger partial charge is 0.444 e. The zero-order valence-corrected chi connectivity index (χ0v) is 21.9. The number of aromatic nitrogens is 2. The van der Waals surface area contributed by atoms with Gasteiger partial charge in [-0.05, 0) is 62.3 Å². The summed E-state index contributed by atoms with van der Waals surface area (Å²) in [7, 11) is 0. The molecule has 2 amide bonds. The third-order valence-electron chi connectivity index (χ3n) is 6.02. The van der Waals surface area contributed by atoms with E-state index in [9.17, 15) is 14.4 Å². The molecule has 3 aromatic rings. The maximum atomic E-state index is 13.1. The molecule has 13 heteroatoms. The van der Waals surface area contributed by atoms with Crippen LogP contribution in [0.1, 0.15) is 18.7 Å². The molecule has 0 N–H and O–H groups in total. The van der Waals surface area contributed by atoms with Gasteiger partial charge in [0.05, 0.1) is 24.6 Å². The number of urea groups is 1. The van der Waals surface area contributed by atoms with Crippen LogP contribution < -0.4 is 9.80 Å². The molecular formula is C26H27N5O7S. The van der Waals surface area contributed by atoms with Crippen molar-refractivity contribution >= 4 is 35.4 Å². The summed E-state index contributed by atoms with van der Waals surface area (Å²) in [6.45, 7) is 3.00. The van der Waals surface area contributed by atoms with Crippen LogP contribution in [0, 0.1) is 0 Å². The lowest BCUT2D eigenvalue weighted by Crippen LogP contribution is -2.44. The fourth-order valence-corrected chi connectivity index (χ4v) is 4.68. The molecule has 3 heterocycles. The van der Waals surface area contributed by atoms with E-state index in [4.69, 9.17) is 18.8 Å². The topological polar surface area (TPSA) is 128 Å². The minimum Gasteiger partial charge on any atom is -0.493 e. The Morgan fingerprint density at radius 3 is 2.38 bits per heavy atom. The molecule has 5 rings (SSSR count). The highest BCUT2D eigenvalue weighted by Gasteiger charge is 2.38. The summed E-state index contributed by atoms with van der Waals surface area (Å²) in [5.41, 5.74) is 0.844. The van der Waals surface area contributed by atoms with Crippen molar-refractivity contribution in [1.29, 1.82) is 0 Å². The highest BCUT2D eigenvalue weighted by atomic mass is 32.2. The number of rotatable bonds is 11. The molecule has 0 aliphatic carbocycles. The molecule has 0 saturated carbocycles. The van der Waals surface area contributed by atoms with Crippen LogP contribution in [0.2, 0.25) is 0 Å². The van der Waals surface area contributed by atoms with Crippen molar-refractivity contribution in [2.45, 2.75) is 18.6 Å². The molecule has 2 aliphatic rings. The third-order valence-corrected chi connectivity index (χ3v) is 6.93. The number of amides is 2. The predicted molar refractivity (Wildman–Crippen MR) is 140 cm³/mol. The molecule has 0 spiro atoms. The van der Waals surface area contributed by atoms with Crippen molar-refractivity contribution in [3.05, 3.63) is 60.5 Å². The van der Waals surface area contributed by atoms with E-state index in [-0.39, 0.29) is 12.2 Å². The van der Waals surface area contributed by atoms with Gasteiger partial charge in [-0.25, -0.2) is 14.4 Å². The monoisotopic (exact) mass is 553 g/mol. The van der Waals surface area contributed by atoms with E-state index >= 15 is 0 Å². The Labute approximate surface area is 228 Å². The Morgan fingerprint density at radius 1 is 0.872 bits per heavy atom.